The van der Waals surface area contributed by atoms with E-state index in [9.17, 15) is 0 Å². The summed E-state index contributed by atoms with van der Waals surface area (Å²) < 4.78 is 7.31. The molecule has 3 aromatic rings. The van der Waals surface area contributed by atoms with Crippen LogP contribution in [0.4, 0.5) is 5.95 Å². The number of imidazole rings is 1. The summed E-state index contributed by atoms with van der Waals surface area (Å²) >= 11 is 6.01. The number of hydrogen-bond donors (Lipinski definition) is 1. The van der Waals surface area contributed by atoms with E-state index in [1.165, 1.54) is 0 Å². The number of benzene rings is 2. The maximum absolute atomic E-state index is 6.01. The van der Waals surface area contributed by atoms with Crippen molar-refractivity contribution in [2.45, 2.75) is 6.54 Å². The molecule has 0 fully saturated rings. The number of nitrogens with one attached hydrogen (secondary N) is 1. The zero-order valence-corrected chi connectivity index (χ0v) is 13.8. The number of rotatable bonds is 5. The van der Waals surface area contributed by atoms with Gasteiger partial charge in [-0.3, -0.25) is 0 Å². The topological polar surface area (TPSA) is 39.1 Å². The normalized spacial score (nSPS) is 10.6. The van der Waals surface area contributed by atoms with Gasteiger partial charge < -0.3 is 14.6 Å². The molecule has 0 saturated carbocycles. The summed E-state index contributed by atoms with van der Waals surface area (Å²) in [6, 6.07) is 15.7. The van der Waals surface area contributed by atoms with Crippen molar-refractivity contribution < 1.29 is 4.74 Å². The Labute approximate surface area is 140 Å². The van der Waals surface area contributed by atoms with Crippen LogP contribution in [0.5, 0.6) is 5.75 Å². The first-order valence-corrected chi connectivity index (χ1v) is 7.69. The second kappa shape index (κ2) is 6.75. The molecule has 3 rings (SSSR count). The average molecular weight is 328 g/mol. The van der Waals surface area contributed by atoms with Crippen LogP contribution in [-0.4, -0.2) is 16.7 Å². The molecule has 5 heteroatoms. The minimum absolute atomic E-state index is 0.670. The summed E-state index contributed by atoms with van der Waals surface area (Å²) in [5.74, 6) is 1.64. The molecule has 2 aromatic carbocycles. The molecular formula is C18H18ClN3O. The lowest BCUT2D eigenvalue weighted by atomic mass is 10.1. The predicted molar refractivity (Wildman–Crippen MR) is 94.0 cm³/mol. The van der Waals surface area contributed by atoms with Gasteiger partial charge in [0.05, 0.1) is 19.0 Å². The predicted octanol–water partition coefficient (Wildman–Crippen LogP) is 4.36. The van der Waals surface area contributed by atoms with Crippen molar-refractivity contribution in [1.82, 2.24) is 9.55 Å². The third kappa shape index (κ3) is 3.48. The highest BCUT2D eigenvalue weighted by Crippen LogP contribution is 2.25. The lowest BCUT2D eigenvalue weighted by molar-refractivity contribution is 0.415. The van der Waals surface area contributed by atoms with Crippen LogP contribution in [0.2, 0.25) is 5.02 Å². The van der Waals surface area contributed by atoms with E-state index in [-0.39, 0.29) is 0 Å². The lowest BCUT2D eigenvalue weighted by Crippen LogP contribution is -2.05. The molecule has 1 heterocycles. The smallest absolute Gasteiger partial charge is 0.203 e. The fourth-order valence-corrected chi connectivity index (χ4v) is 2.67. The van der Waals surface area contributed by atoms with Crippen LogP contribution >= 0.6 is 11.6 Å². The van der Waals surface area contributed by atoms with Gasteiger partial charge >= 0.3 is 0 Å². The number of halogens is 1. The molecule has 0 unspecified atom stereocenters. The molecule has 23 heavy (non-hydrogen) atoms. The Morgan fingerprint density at radius 1 is 1.17 bits per heavy atom. The minimum atomic E-state index is 0.670. The zero-order chi connectivity index (χ0) is 16.2. The molecule has 0 bridgehead atoms. The highest BCUT2D eigenvalue weighted by atomic mass is 35.5. The molecule has 1 N–H and O–H groups in total. The van der Waals surface area contributed by atoms with Gasteiger partial charge in [0.15, 0.2) is 0 Å². The quantitative estimate of drug-likeness (QED) is 0.756. The number of aromatic nitrogens is 2. The van der Waals surface area contributed by atoms with Crippen molar-refractivity contribution >= 4 is 17.5 Å². The van der Waals surface area contributed by atoms with Crippen LogP contribution in [0.1, 0.15) is 5.56 Å². The van der Waals surface area contributed by atoms with Gasteiger partial charge in [-0.05, 0) is 29.8 Å². The van der Waals surface area contributed by atoms with Crippen molar-refractivity contribution in [3.05, 3.63) is 65.3 Å². The van der Waals surface area contributed by atoms with Crippen LogP contribution < -0.4 is 10.1 Å². The first-order chi connectivity index (χ1) is 11.2. The van der Waals surface area contributed by atoms with Gasteiger partial charge in [-0.25, -0.2) is 4.98 Å². The first-order valence-electron chi connectivity index (χ1n) is 7.32. The van der Waals surface area contributed by atoms with Crippen molar-refractivity contribution in [1.29, 1.82) is 0 Å². The van der Waals surface area contributed by atoms with Crippen molar-refractivity contribution in [3.63, 3.8) is 0 Å². The van der Waals surface area contributed by atoms with E-state index in [0.717, 1.165) is 33.5 Å². The summed E-state index contributed by atoms with van der Waals surface area (Å²) in [4.78, 5) is 4.46. The van der Waals surface area contributed by atoms with E-state index >= 15 is 0 Å². The Bertz CT molecular complexity index is 814. The largest absolute Gasteiger partial charge is 0.497 e. The fraction of sp³-hybridized carbons (Fsp3) is 0.167. The summed E-state index contributed by atoms with van der Waals surface area (Å²) in [6.07, 6.45) is 1.86. The van der Waals surface area contributed by atoms with E-state index in [0.29, 0.717) is 6.54 Å². The number of methoxy groups -OCH3 is 1. The van der Waals surface area contributed by atoms with Gasteiger partial charge in [0.2, 0.25) is 5.95 Å². The first kappa shape index (κ1) is 15.4. The molecular weight excluding hydrogens is 310 g/mol. The lowest BCUT2D eigenvalue weighted by Gasteiger charge is -2.09. The summed E-state index contributed by atoms with van der Waals surface area (Å²) in [5, 5.41) is 4.07. The molecule has 0 saturated heterocycles. The van der Waals surface area contributed by atoms with Crippen molar-refractivity contribution in [2.75, 3.05) is 12.4 Å². The van der Waals surface area contributed by atoms with E-state index in [1.807, 2.05) is 66.3 Å². The van der Waals surface area contributed by atoms with Crippen LogP contribution in [0, 0.1) is 0 Å². The molecule has 118 valence electrons. The standard InChI is InChI=1S/C18H18ClN3O/c1-22-17(14-6-4-8-16(10-14)23-2)12-21-18(22)20-11-13-5-3-7-15(19)9-13/h3-10,12H,11H2,1-2H3,(H,20,21). The SMILES string of the molecule is COc1cccc(-c2cnc(NCc3cccc(Cl)c3)n2C)c1. The Balaban J connectivity index is 1.79. The van der Waals surface area contributed by atoms with Gasteiger partial charge in [-0.1, -0.05) is 35.9 Å². The molecule has 4 nitrogen and oxygen atoms in total. The summed E-state index contributed by atoms with van der Waals surface area (Å²) in [5.41, 5.74) is 3.20. The van der Waals surface area contributed by atoms with E-state index < -0.39 is 0 Å². The molecule has 0 aliphatic carbocycles. The minimum Gasteiger partial charge on any atom is -0.497 e. The second-order valence-corrected chi connectivity index (χ2v) is 5.68. The second-order valence-electron chi connectivity index (χ2n) is 5.24. The Morgan fingerprint density at radius 2 is 2.00 bits per heavy atom. The summed E-state index contributed by atoms with van der Waals surface area (Å²) in [6.45, 7) is 0.670. The molecule has 0 radical (unpaired) electrons. The number of hydrogen-bond acceptors (Lipinski definition) is 3. The maximum Gasteiger partial charge on any atom is 0.203 e. The van der Waals surface area contributed by atoms with Gasteiger partial charge in [0.25, 0.3) is 0 Å². The van der Waals surface area contributed by atoms with Gasteiger partial charge in [-0.2, -0.15) is 0 Å². The third-order valence-corrected chi connectivity index (χ3v) is 3.93. The zero-order valence-electron chi connectivity index (χ0n) is 13.1. The molecule has 0 aliphatic rings. The number of ether oxygens (including phenoxy) is 1. The maximum atomic E-state index is 6.01. The third-order valence-electron chi connectivity index (χ3n) is 3.69. The highest BCUT2D eigenvalue weighted by Gasteiger charge is 2.09. The Hall–Kier alpha value is -2.46. The average Bonchev–Trinajstić information content (AvgIpc) is 2.94. The van der Waals surface area contributed by atoms with E-state index in [1.54, 1.807) is 7.11 Å². The monoisotopic (exact) mass is 327 g/mol. The van der Waals surface area contributed by atoms with Crippen LogP contribution in [-0.2, 0) is 13.6 Å². The van der Waals surface area contributed by atoms with Crippen LogP contribution in [0.3, 0.4) is 0 Å². The van der Waals surface area contributed by atoms with E-state index in [4.69, 9.17) is 16.3 Å². The fourth-order valence-electron chi connectivity index (χ4n) is 2.45. The van der Waals surface area contributed by atoms with Gasteiger partial charge in [-0.15, -0.1) is 0 Å². The molecule has 0 aliphatic heterocycles. The number of nitrogens with zero attached hydrogens (tertiary/aromatic N) is 2. The van der Waals surface area contributed by atoms with E-state index in [2.05, 4.69) is 10.3 Å². The molecule has 0 spiro atoms. The summed E-state index contributed by atoms with van der Waals surface area (Å²) in [7, 11) is 3.66. The van der Waals surface area contributed by atoms with Crippen molar-refractivity contribution in [2.24, 2.45) is 7.05 Å². The van der Waals surface area contributed by atoms with Crippen molar-refractivity contribution in [3.8, 4) is 17.0 Å². The van der Waals surface area contributed by atoms with Crippen LogP contribution in [0.15, 0.2) is 54.7 Å². The van der Waals surface area contributed by atoms with Gasteiger partial charge in [0.1, 0.15) is 5.75 Å². The molecule has 1 aromatic heterocycles. The molecule has 0 amide bonds. The number of anilines is 1. The van der Waals surface area contributed by atoms with Gasteiger partial charge in [0, 0.05) is 24.2 Å². The highest BCUT2D eigenvalue weighted by molar-refractivity contribution is 6.30. The van der Waals surface area contributed by atoms with Crippen LogP contribution in [0.25, 0.3) is 11.3 Å². The Morgan fingerprint density at radius 3 is 2.78 bits per heavy atom. The molecule has 0 atom stereocenters. The Kier molecular flexibility index (Phi) is 4.53.